The SMILES string of the molecule is CCN(CC(C)C)C(=O)c1cc([N+](=O)[O-])cnc1NC. The lowest BCUT2D eigenvalue weighted by Crippen LogP contribution is -2.34. The average molecular weight is 280 g/mol. The van der Waals surface area contributed by atoms with Gasteiger partial charge in [-0.1, -0.05) is 13.8 Å². The van der Waals surface area contributed by atoms with E-state index in [0.717, 1.165) is 6.20 Å². The van der Waals surface area contributed by atoms with Crippen molar-refractivity contribution in [3.8, 4) is 0 Å². The first-order valence-corrected chi connectivity index (χ1v) is 6.52. The highest BCUT2D eigenvalue weighted by Gasteiger charge is 2.22. The Bertz CT molecular complexity index is 502. The van der Waals surface area contributed by atoms with Gasteiger partial charge in [0.1, 0.15) is 12.0 Å². The molecule has 0 fully saturated rings. The van der Waals surface area contributed by atoms with Gasteiger partial charge in [-0.2, -0.15) is 0 Å². The Hall–Kier alpha value is -2.18. The molecule has 0 saturated heterocycles. The van der Waals surface area contributed by atoms with Crippen LogP contribution in [0, 0.1) is 16.0 Å². The average Bonchev–Trinajstić information content (AvgIpc) is 2.42. The van der Waals surface area contributed by atoms with Gasteiger partial charge in [-0.05, 0) is 12.8 Å². The summed E-state index contributed by atoms with van der Waals surface area (Å²) in [5, 5.41) is 13.6. The van der Waals surface area contributed by atoms with Crippen molar-refractivity contribution < 1.29 is 9.72 Å². The zero-order valence-corrected chi connectivity index (χ0v) is 12.2. The second kappa shape index (κ2) is 6.83. The molecule has 1 aromatic heterocycles. The molecule has 0 aliphatic rings. The number of hydrogen-bond acceptors (Lipinski definition) is 5. The van der Waals surface area contributed by atoms with Gasteiger partial charge >= 0.3 is 0 Å². The van der Waals surface area contributed by atoms with Crippen molar-refractivity contribution in [3.63, 3.8) is 0 Å². The standard InChI is InChI=1S/C13H20N4O3/c1-5-16(8-9(2)3)13(18)11-6-10(17(19)20)7-15-12(11)14-4/h6-7,9H,5,8H2,1-4H3,(H,14,15). The van der Waals surface area contributed by atoms with Crippen LogP contribution in [-0.2, 0) is 0 Å². The first-order valence-electron chi connectivity index (χ1n) is 6.52. The second-order valence-corrected chi connectivity index (χ2v) is 4.83. The highest BCUT2D eigenvalue weighted by molar-refractivity contribution is 5.99. The van der Waals surface area contributed by atoms with Crippen LogP contribution < -0.4 is 5.32 Å². The molecule has 0 radical (unpaired) electrons. The minimum atomic E-state index is -0.554. The summed E-state index contributed by atoms with van der Waals surface area (Å²) in [6.45, 7) is 7.05. The van der Waals surface area contributed by atoms with E-state index in [4.69, 9.17) is 0 Å². The number of hydrogen-bond donors (Lipinski definition) is 1. The fourth-order valence-electron chi connectivity index (χ4n) is 1.88. The molecule has 1 aromatic rings. The van der Waals surface area contributed by atoms with Gasteiger partial charge in [-0.3, -0.25) is 14.9 Å². The third-order valence-corrected chi connectivity index (χ3v) is 2.81. The molecule has 1 N–H and O–H groups in total. The molecule has 7 nitrogen and oxygen atoms in total. The number of amides is 1. The summed E-state index contributed by atoms with van der Waals surface area (Å²) in [6.07, 6.45) is 1.14. The van der Waals surface area contributed by atoms with Crippen LogP contribution in [0.1, 0.15) is 31.1 Å². The lowest BCUT2D eigenvalue weighted by molar-refractivity contribution is -0.385. The molecule has 7 heteroatoms. The number of carbonyl (C=O) groups is 1. The molecule has 0 atom stereocenters. The molecule has 0 unspecified atom stereocenters. The number of pyridine rings is 1. The first kappa shape index (κ1) is 15.9. The van der Waals surface area contributed by atoms with E-state index in [9.17, 15) is 14.9 Å². The van der Waals surface area contributed by atoms with E-state index in [-0.39, 0.29) is 17.2 Å². The van der Waals surface area contributed by atoms with Crippen LogP contribution in [0.15, 0.2) is 12.3 Å². The maximum atomic E-state index is 12.5. The van der Waals surface area contributed by atoms with Crippen molar-refractivity contribution in [3.05, 3.63) is 27.9 Å². The maximum absolute atomic E-state index is 12.5. The lowest BCUT2D eigenvalue weighted by atomic mass is 10.1. The number of nitrogens with one attached hydrogen (secondary N) is 1. The van der Waals surface area contributed by atoms with E-state index in [1.54, 1.807) is 11.9 Å². The van der Waals surface area contributed by atoms with Gasteiger partial charge < -0.3 is 10.2 Å². The third kappa shape index (κ3) is 3.66. The van der Waals surface area contributed by atoms with Crippen molar-refractivity contribution >= 4 is 17.4 Å². The summed E-state index contributed by atoms with van der Waals surface area (Å²) in [4.78, 5) is 28.3. The van der Waals surface area contributed by atoms with Crippen LogP contribution in [0.5, 0.6) is 0 Å². The fraction of sp³-hybridized carbons (Fsp3) is 0.538. The second-order valence-electron chi connectivity index (χ2n) is 4.83. The minimum absolute atomic E-state index is 0.187. The molecule has 0 saturated carbocycles. The number of aromatic nitrogens is 1. The quantitative estimate of drug-likeness (QED) is 0.637. The Morgan fingerprint density at radius 2 is 2.20 bits per heavy atom. The summed E-state index contributed by atoms with van der Waals surface area (Å²) in [5.41, 5.74) is 0.0390. The maximum Gasteiger partial charge on any atom is 0.288 e. The van der Waals surface area contributed by atoms with E-state index >= 15 is 0 Å². The molecule has 110 valence electrons. The van der Waals surface area contributed by atoms with Gasteiger partial charge in [0.15, 0.2) is 0 Å². The molecule has 0 bridgehead atoms. The van der Waals surface area contributed by atoms with Gasteiger partial charge in [0.25, 0.3) is 11.6 Å². The van der Waals surface area contributed by atoms with Crippen molar-refractivity contribution in [2.75, 3.05) is 25.5 Å². The molecular weight excluding hydrogens is 260 g/mol. The number of anilines is 1. The Morgan fingerprint density at radius 3 is 2.65 bits per heavy atom. The van der Waals surface area contributed by atoms with E-state index in [1.165, 1.54) is 6.07 Å². The Morgan fingerprint density at radius 1 is 1.55 bits per heavy atom. The zero-order chi connectivity index (χ0) is 15.3. The molecular formula is C13H20N4O3. The van der Waals surface area contributed by atoms with Gasteiger partial charge in [0.05, 0.1) is 10.5 Å². The number of carbonyl (C=O) groups excluding carboxylic acids is 1. The minimum Gasteiger partial charge on any atom is -0.372 e. The van der Waals surface area contributed by atoms with Crippen LogP contribution in [-0.4, -0.2) is 40.9 Å². The van der Waals surface area contributed by atoms with Crippen LogP contribution >= 0.6 is 0 Å². The molecule has 0 aliphatic carbocycles. The van der Waals surface area contributed by atoms with Crippen LogP contribution in [0.3, 0.4) is 0 Å². The Labute approximate surface area is 118 Å². The third-order valence-electron chi connectivity index (χ3n) is 2.81. The summed E-state index contributed by atoms with van der Waals surface area (Å²) in [5.74, 6) is 0.424. The summed E-state index contributed by atoms with van der Waals surface area (Å²) >= 11 is 0. The van der Waals surface area contributed by atoms with Crippen molar-refractivity contribution in [2.45, 2.75) is 20.8 Å². The summed E-state index contributed by atoms with van der Waals surface area (Å²) in [6, 6.07) is 1.27. The summed E-state index contributed by atoms with van der Waals surface area (Å²) < 4.78 is 0. The molecule has 0 spiro atoms. The lowest BCUT2D eigenvalue weighted by Gasteiger charge is -2.23. The van der Waals surface area contributed by atoms with E-state index < -0.39 is 4.92 Å². The number of nitrogens with zero attached hydrogens (tertiary/aromatic N) is 3. The van der Waals surface area contributed by atoms with Gasteiger partial charge in [-0.25, -0.2) is 4.98 Å². The van der Waals surface area contributed by atoms with Crippen molar-refractivity contribution in [1.29, 1.82) is 0 Å². The van der Waals surface area contributed by atoms with Gasteiger partial charge in [0.2, 0.25) is 0 Å². The molecule has 1 rings (SSSR count). The molecule has 0 aliphatic heterocycles. The van der Waals surface area contributed by atoms with Crippen LogP contribution in [0.4, 0.5) is 11.5 Å². The predicted octanol–water partition coefficient (Wildman–Crippen LogP) is 2.15. The summed E-state index contributed by atoms with van der Waals surface area (Å²) in [7, 11) is 1.63. The van der Waals surface area contributed by atoms with E-state index in [2.05, 4.69) is 10.3 Å². The first-order chi connectivity index (χ1) is 9.40. The fourth-order valence-corrected chi connectivity index (χ4v) is 1.88. The smallest absolute Gasteiger partial charge is 0.288 e. The topological polar surface area (TPSA) is 88.4 Å². The Balaban J connectivity index is 3.17. The highest BCUT2D eigenvalue weighted by Crippen LogP contribution is 2.21. The molecule has 0 aromatic carbocycles. The monoisotopic (exact) mass is 280 g/mol. The van der Waals surface area contributed by atoms with E-state index in [0.29, 0.717) is 24.8 Å². The van der Waals surface area contributed by atoms with Crippen molar-refractivity contribution in [1.82, 2.24) is 9.88 Å². The van der Waals surface area contributed by atoms with Gasteiger partial charge in [-0.15, -0.1) is 0 Å². The van der Waals surface area contributed by atoms with Crippen LogP contribution in [0.25, 0.3) is 0 Å². The van der Waals surface area contributed by atoms with Gasteiger partial charge in [0, 0.05) is 26.2 Å². The molecule has 1 amide bonds. The van der Waals surface area contributed by atoms with Crippen LogP contribution in [0.2, 0.25) is 0 Å². The predicted molar refractivity (Wildman–Crippen MR) is 76.9 cm³/mol. The number of nitro groups is 1. The number of rotatable bonds is 6. The highest BCUT2D eigenvalue weighted by atomic mass is 16.6. The molecule has 1 heterocycles. The van der Waals surface area contributed by atoms with Crippen molar-refractivity contribution in [2.24, 2.45) is 5.92 Å². The Kier molecular flexibility index (Phi) is 5.42. The normalized spacial score (nSPS) is 10.4. The van der Waals surface area contributed by atoms with E-state index in [1.807, 2.05) is 20.8 Å². The zero-order valence-electron chi connectivity index (χ0n) is 12.2. The largest absolute Gasteiger partial charge is 0.372 e. The molecule has 20 heavy (non-hydrogen) atoms.